The number of carbonyl (C=O) groups excluding carboxylic acids is 1. The molecule has 1 heterocycles. The van der Waals surface area contributed by atoms with Crippen molar-refractivity contribution in [2.24, 2.45) is 11.7 Å². The standard InChI is InChI=1S/C12H25N3O/c1-9(2)11(13)12(16)15-7-5-6-14(4)8-10(15)3/h9-11H,5-8,13H2,1-4H3/t10?,11-/m1/s1. The molecule has 94 valence electrons. The first kappa shape index (κ1) is 13.5. The monoisotopic (exact) mass is 227 g/mol. The summed E-state index contributed by atoms with van der Waals surface area (Å²) in [5.74, 6) is 0.318. The molecule has 0 aliphatic carbocycles. The molecule has 0 aromatic rings. The third kappa shape index (κ3) is 3.19. The normalized spacial score (nSPS) is 25.6. The van der Waals surface area contributed by atoms with Gasteiger partial charge in [0.2, 0.25) is 5.91 Å². The highest BCUT2D eigenvalue weighted by Gasteiger charge is 2.28. The molecule has 4 nitrogen and oxygen atoms in total. The van der Waals surface area contributed by atoms with E-state index in [-0.39, 0.29) is 23.9 Å². The van der Waals surface area contributed by atoms with Crippen LogP contribution < -0.4 is 5.73 Å². The van der Waals surface area contributed by atoms with Gasteiger partial charge in [-0.05, 0) is 32.9 Å². The van der Waals surface area contributed by atoms with Gasteiger partial charge in [-0.25, -0.2) is 0 Å². The van der Waals surface area contributed by atoms with E-state index in [9.17, 15) is 4.79 Å². The smallest absolute Gasteiger partial charge is 0.240 e. The average molecular weight is 227 g/mol. The maximum Gasteiger partial charge on any atom is 0.240 e. The Kier molecular flexibility index (Phi) is 4.74. The van der Waals surface area contributed by atoms with Gasteiger partial charge in [0.05, 0.1) is 6.04 Å². The second-order valence-electron chi connectivity index (χ2n) is 5.27. The van der Waals surface area contributed by atoms with Crippen LogP contribution in [0.2, 0.25) is 0 Å². The lowest BCUT2D eigenvalue weighted by atomic mass is 10.0. The molecule has 1 aliphatic rings. The Morgan fingerprint density at radius 2 is 2.00 bits per heavy atom. The van der Waals surface area contributed by atoms with Gasteiger partial charge < -0.3 is 15.5 Å². The number of rotatable bonds is 2. The zero-order valence-corrected chi connectivity index (χ0v) is 10.9. The van der Waals surface area contributed by atoms with Gasteiger partial charge in [-0.15, -0.1) is 0 Å². The summed E-state index contributed by atoms with van der Waals surface area (Å²) in [4.78, 5) is 16.4. The summed E-state index contributed by atoms with van der Waals surface area (Å²) in [7, 11) is 2.10. The predicted molar refractivity (Wildman–Crippen MR) is 66.1 cm³/mol. The Bertz CT molecular complexity index is 242. The van der Waals surface area contributed by atoms with Crippen molar-refractivity contribution < 1.29 is 4.79 Å². The first-order valence-electron chi connectivity index (χ1n) is 6.18. The van der Waals surface area contributed by atoms with E-state index in [0.717, 1.165) is 26.1 Å². The Morgan fingerprint density at radius 1 is 1.38 bits per heavy atom. The fourth-order valence-corrected chi connectivity index (χ4v) is 2.18. The Balaban J connectivity index is 2.67. The SMILES string of the molecule is CC(C)[C@@H](N)C(=O)N1CCCN(C)CC1C. The van der Waals surface area contributed by atoms with Gasteiger partial charge in [0.25, 0.3) is 0 Å². The molecule has 1 amide bonds. The van der Waals surface area contributed by atoms with E-state index in [4.69, 9.17) is 5.73 Å². The number of likely N-dealkylation sites (N-methyl/N-ethyl adjacent to an activating group) is 1. The van der Waals surface area contributed by atoms with Crippen molar-refractivity contribution in [3.05, 3.63) is 0 Å². The largest absolute Gasteiger partial charge is 0.337 e. The van der Waals surface area contributed by atoms with E-state index in [2.05, 4.69) is 18.9 Å². The maximum atomic E-state index is 12.2. The first-order valence-corrected chi connectivity index (χ1v) is 6.18. The van der Waals surface area contributed by atoms with E-state index < -0.39 is 0 Å². The summed E-state index contributed by atoms with van der Waals surface area (Å²) in [6.07, 6.45) is 1.04. The average Bonchev–Trinajstić information content (AvgIpc) is 2.37. The van der Waals surface area contributed by atoms with E-state index in [1.165, 1.54) is 0 Å². The summed E-state index contributed by atoms with van der Waals surface area (Å²) in [6, 6.07) is -0.0874. The topological polar surface area (TPSA) is 49.6 Å². The molecule has 1 fully saturated rings. The molecule has 2 atom stereocenters. The number of nitrogens with two attached hydrogens (primary N) is 1. The van der Waals surface area contributed by atoms with Crippen LogP contribution in [-0.2, 0) is 4.79 Å². The molecule has 4 heteroatoms. The van der Waals surface area contributed by atoms with Crippen LogP contribution in [0, 0.1) is 5.92 Å². The van der Waals surface area contributed by atoms with E-state index >= 15 is 0 Å². The minimum absolute atomic E-state index is 0.109. The first-order chi connectivity index (χ1) is 7.43. The fourth-order valence-electron chi connectivity index (χ4n) is 2.18. The van der Waals surface area contributed by atoms with Crippen molar-refractivity contribution >= 4 is 5.91 Å². The van der Waals surface area contributed by atoms with Crippen LogP contribution in [0.4, 0.5) is 0 Å². The second-order valence-corrected chi connectivity index (χ2v) is 5.27. The molecule has 0 aromatic heterocycles. The lowest BCUT2D eigenvalue weighted by Crippen LogP contribution is -2.51. The molecule has 1 saturated heterocycles. The van der Waals surface area contributed by atoms with Crippen molar-refractivity contribution in [1.29, 1.82) is 0 Å². The van der Waals surface area contributed by atoms with Gasteiger partial charge in [-0.1, -0.05) is 13.8 Å². The molecule has 0 radical (unpaired) electrons. The molecule has 1 unspecified atom stereocenters. The summed E-state index contributed by atoms with van der Waals surface area (Å²) in [5.41, 5.74) is 5.93. The van der Waals surface area contributed by atoms with Crippen LogP contribution in [0.15, 0.2) is 0 Å². The quantitative estimate of drug-likeness (QED) is 0.748. The van der Waals surface area contributed by atoms with Crippen LogP contribution in [0.25, 0.3) is 0 Å². The summed E-state index contributed by atoms with van der Waals surface area (Å²) in [5, 5.41) is 0. The van der Waals surface area contributed by atoms with Gasteiger partial charge in [0.1, 0.15) is 0 Å². The molecular formula is C12H25N3O. The third-order valence-electron chi connectivity index (χ3n) is 3.33. The zero-order valence-electron chi connectivity index (χ0n) is 10.9. The van der Waals surface area contributed by atoms with E-state index in [0.29, 0.717) is 0 Å². The van der Waals surface area contributed by atoms with Crippen LogP contribution in [0.1, 0.15) is 27.2 Å². The van der Waals surface area contributed by atoms with Gasteiger partial charge in [-0.2, -0.15) is 0 Å². The highest BCUT2D eigenvalue weighted by Crippen LogP contribution is 2.12. The summed E-state index contributed by atoms with van der Waals surface area (Å²) < 4.78 is 0. The number of hydrogen-bond acceptors (Lipinski definition) is 3. The van der Waals surface area contributed by atoms with Crippen molar-refractivity contribution in [3.63, 3.8) is 0 Å². The van der Waals surface area contributed by atoms with Gasteiger partial charge in [-0.3, -0.25) is 4.79 Å². The fraction of sp³-hybridized carbons (Fsp3) is 0.917. The molecule has 2 N–H and O–H groups in total. The highest BCUT2D eigenvalue weighted by atomic mass is 16.2. The van der Waals surface area contributed by atoms with Crippen LogP contribution >= 0.6 is 0 Å². The molecule has 0 saturated carbocycles. The van der Waals surface area contributed by atoms with Crippen molar-refractivity contribution in [1.82, 2.24) is 9.80 Å². The number of nitrogens with zero attached hydrogens (tertiary/aromatic N) is 2. The van der Waals surface area contributed by atoms with Gasteiger partial charge in [0.15, 0.2) is 0 Å². The molecule has 0 aromatic carbocycles. The summed E-state index contributed by atoms with van der Waals surface area (Å²) >= 11 is 0. The van der Waals surface area contributed by atoms with Crippen LogP contribution in [0.5, 0.6) is 0 Å². The Hall–Kier alpha value is -0.610. The summed E-state index contributed by atoms with van der Waals surface area (Å²) in [6.45, 7) is 8.94. The van der Waals surface area contributed by atoms with Crippen LogP contribution in [-0.4, -0.2) is 54.5 Å². The van der Waals surface area contributed by atoms with Crippen molar-refractivity contribution in [2.75, 3.05) is 26.7 Å². The number of hydrogen-bond donors (Lipinski definition) is 1. The van der Waals surface area contributed by atoms with Gasteiger partial charge >= 0.3 is 0 Å². The number of carbonyl (C=O) groups is 1. The van der Waals surface area contributed by atoms with E-state index in [1.54, 1.807) is 0 Å². The Labute approximate surface area is 98.8 Å². The minimum Gasteiger partial charge on any atom is -0.337 e. The molecule has 1 rings (SSSR count). The third-order valence-corrected chi connectivity index (χ3v) is 3.33. The zero-order chi connectivity index (χ0) is 12.3. The molecular weight excluding hydrogens is 202 g/mol. The lowest BCUT2D eigenvalue weighted by Gasteiger charge is -2.31. The van der Waals surface area contributed by atoms with Gasteiger partial charge in [0, 0.05) is 19.1 Å². The van der Waals surface area contributed by atoms with Crippen molar-refractivity contribution in [3.8, 4) is 0 Å². The highest BCUT2D eigenvalue weighted by molar-refractivity contribution is 5.82. The predicted octanol–water partition coefficient (Wildman–Crippen LogP) is 0.522. The van der Waals surface area contributed by atoms with Crippen molar-refractivity contribution in [2.45, 2.75) is 39.3 Å². The van der Waals surface area contributed by atoms with E-state index in [1.807, 2.05) is 18.7 Å². The molecule has 16 heavy (non-hydrogen) atoms. The Morgan fingerprint density at radius 3 is 2.56 bits per heavy atom. The second kappa shape index (κ2) is 5.64. The van der Waals surface area contributed by atoms with Crippen LogP contribution in [0.3, 0.4) is 0 Å². The molecule has 0 spiro atoms. The molecule has 1 aliphatic heterocycles. The number of amides is 1. The molecule has 0 bridgehead atoms. The minimum atomic E-state index is -0.356. The maximum absolute atomic E-state index is 12.2. The lowest BCUT2D eigenvalue weighted by molar-refractivity contribution is -0.135.